The van der Waals surface area contributed by atoms with Gasteiger partial charge >= 0.3 is 0 Å². The van der Waals surface area contributed by atoms with E-state index in [1.54, 1.807) is 17.0 Å². The highest BCUT2D eigenvalue weighted by Crippen LogP contribution is 2.42. The van der Waals surface area contributed by atoms with Crippen molar-refractivity contribution in [3.8, 4) is 0 Å². The van der Waals surface area contributed by atoms with Crippen molar-refractivity contribution in [1.82, 2.24) is 0 Å². The lowest BCUT2D eigenvalue weighted by molar-refractivity contribution is -0.132. The summed E-state index contributed by atoms with van der Waals surface area (Å²) in [5.74, 6) is -0.293. The van der Waals surface area contributed by atoms with Crippen LogP contribution < -0.4 is 10.6 Å². The maximum absolute atomic E-state index is 13.2. The summed E-state index contributed by atoms with van der Waals surface area (Å²) in [6.45, 7) is 2.80. The summed E-state index contributed by atoms with van der Waals surface area (Å²) in [5, 5.41) is 0. The Bertz CT molecular complexity index is 438. The maximum atomic E-state index is 13.2. The first-order valence-electron chi connectivity index (χ1n) is 6.40. The first-order valence-corrected chi connectivity index (χ1v) is 6.40. The molecule has 0 bridgehead atoms. The first kappa shape index (κ1) is 13.0. The van der Waals surface area contributed by atoms with Crippen LogP contribution in [0.15, 0.2) is 24.3 Å². The Hall–Kier alpha value is -1.42. The minimum atomic E-state index is -0.414. The first-order chi connectivity index (χ1) is 8.63. The van der Waals surface area contributed by atoms with E-state index in [1.165, 1.54) is 12.1 Å². The highest BCUT2D eigenvalue weighted by atomic mass is 19.1. The van der Waals surface area contributed by atoms with Crippen molar-refractivity contribution < 1.29 is 9.18 Å². The van der Waals surface area contributed by atoms with E-state index in [9.17, 15) is 9.18 Å². The Balaban J connectivity index is 2.26. The molecule has 0 radical (unpaired) electrons. The van der Waals surface area contributed by atoms with E-state index < -0.39 is 5.41 Å². The largest absolute Gasteiger partial charge is 0.329 e. The average Bonchev–Trinajstić information content (AvgIpc) is 2.29. The zero-order valence-electron chi connectivity index (χ0n) is 10.7. The zero-order chi connectivity index (χ0) is 13.2. The van der Waals surface area contributed by atoms with Gasteiger partial charge in [0, 0.05) is 18.8 Å². The van der Waals surface area contributed by atoms with Gasteiger partial charge in [0.2, 0.25) is 5.91 Å². The number of nitrogens with zero attached hydrogens (tertiary/aromatic N) is 1. The van der Waals surface area contributed by atoms with Crippen LogP contribution in [-0.2, 0) is 4.79 Å². The second-order valence-electron chi connectivity index (χ2n) is 4.87. The van der Waals surface area contributed by atoms with Gasteiger partial charge in [0.15, 0.2) is 0 Å². The number of carbonyl (C=O) groups excluding carboxylic acids is 1. The second-order valence-corrected chi connectivity index (χ2v) is 4.87. The Morgan fingerprint density at radius 1 is 1.50 bits per heavy atom. The molecule has 1 aromatic carbocycles. The molecule has 0 heterocycles. The maximum Gasteiger partial charge on any atom is 0.234 e. The van der Waals surface area contributed by atoms with Gasteiger partial charge < -0.3 is 10.6 Å². The van der Waals surface area contributed by atoms with Crippen molar-refractivity contribution in [2.24, 2.45) is 11.1 Å². The molecule has 1 fully saturated rings. The molecule has 1 saturated carbocycles. The summed E-state index contributed by atoms with van der Waals surface area (Å²) in [7, 11) is 0. The molecule has 2 rings (SSSR count). The van der Waals surface area contributed by atoms with Crippen molar-refractivity contribution in [1.29, 1.82) is 0 Å². The number of carbonyl (C=O) groups is 1. The summed E-state index contributed by atoms with van der Waals surface area (Å²) in [6, 6.07) is 6.15. The van der Waals surface area contributed by atoms with E-state index in [2.05, 4.69) is 0 Å². The van der Waals surface area contributed by atoms with Crippen LogP contribution in [0.4, 0.5) is 10.1 Å². The Labute approximate surface area is 107 Å². The standard InChI is InChI=1S/C14H19FN2O/c1-2-17(12-6-3-5-11(15)9-12)13(18)14(10-16)7-4-8-14/h3,5-6,9H,2,4,7-8,10,16H2,1H3. The van der Waals surface area contributed by atoms with Crippen LogP contribution in [0.5, 0.6) is 0 Å². The summed E-state index contributed by atoms with van der Waals surface area (Å²) >= 11 is 0. The van der Waals surface area contributed by atoms with Crippen LogP contribution in [0, 0.1) is 11.2 Å². The van der Waals surface area contributed by atoms with Crippen molar-refractivity contribution in [2.75, 3.05) is 18.0 Å². The van der Waals surface area contributed by atoms with E-state index in [-0.39, 0.29) is 11.7 Å². The van der Waals surface area contributed by atoms with Crippen molar-refractivity contribution >= 4 is 11.6 Å². The van der Waals surface area contributed by atoms with Crippen molar-refractivity contribution in [3.63, 3.8) is 0 Å². The topological polar surface area (TPSA) is 46.3 Å². The predicted octanol–water partition coefficient (Wildman–Crippen LogP) is 2.31. The molecule has 98 valence electrons. The van der Waals surface area contributed by atoms with Gasteiger partial charge in [-0.2, -0.15) is 0 Å². The molecule has 0 atom stereocenters. The van der Waals surface area contributed by atoms with Crippen LogP contribution in [0.25, 0.3) is 0 Å². The van der Waals surface area contributed by atoms with Gasteiger partial charge in [0.25, 0.3) is 0 Å². The second kappa shape index (κ2) is 5.06. The fourth-order valence-electron chi connectivity index (χ4n) is 2.48. The minimum Gasteiger partial charge on any atom is -0.329 e. The van der Waals surface area contributed by atoms with Gasteiger partial charge in [-0.1, -0.05) is 12.5 Å². The highest BCUT2D eigenvalue weighted by Gasteiger charge is 2.45. The van der Waals surface area contributed by atoms with Gasteiger partial charge in [0.1, 0.15) is 5.82 Å². The Kier molecular flexibility index (Phi) is 3.66. The fourth-order valence-corrected chi connectivity index (χ4v) is 2.48. The van der Waals surface area contributed by atoms with Gasteiger partial charge in [-0.25, -0.2) is 4.39 Å². The molecule has 0 spiro atoms. The molecular formula is C14H19FN2O. The number of anilines is 1. The lowest BCUT2D eigenvalue weighted by Crippen LogP contribution is -2.52. The molecule has 3 nitrogen and oxygen atoms in total. The SMILES string of the molecule is CCN(C(=O)C1(CN)CCC1)c1cccc(F)c1. The third-order valence-electron chi connectivity index (χ3n) is 3.84. The smallest absolute Gasteiger partial charge is 0.234 e. The van der Waals surface area contributed by atoms with Gasteiger partial charge in [0.05, 0.1) is 5.41 Å². The number of amides is 1. The van der Waals surface area contributed by atoms with Gasteiger partial charge in [-0.15, -0.1) is 0 Å². The quantitative estimate of drug-likeness (QED) is 0.891. The summed E-state index contributed by atoms with van der Waals surface area (Å²) in [5.41, 5.74) is 5.95. The monoisotopic (exact) mass is 250 g/mol. The third kappa shape index (κ3) is 2.12. The molecule has 0 saturated heterocycles. The minimum absolute atomic E-state index is 0.0318. The van der Waals surface area contributed by atoms with Crippen LogP contribution in [0.1, 0.15) is 26.2 Å². The Morgan fingerprint density at radius 2 is 2.22 bits per heavy atom. The summed E-state index contributed by atoms with van der Waals surface area (Å²) in [4.78, 5) is 14.2. The average molecular weight is 250 g/mol. The molecule has 1 amide bonds. The van der Waals surface area contributed by atoms with Crippen LogP contribution in [0.2, 0.25) is 0 Å². The number of benzene rings is 1. The molecule has 0 unspecified atom stereocenters. The highest BCUT2D eigenvalue weighted by molar-refractivity contribution is 5.98. The van der Waals surface area contributed by atoms with E-state index in [4.69, 9.17) is 5.73 Å². The van der Waals surface area contributed by atoms with Gasteiger partial charge in [-0.05, 0) is 38.0 Å². The van der Waals surface area contributed by atoms with E-state index in [0.29, 0.717) is 18.8 Å². The molecule has 0 aromatic heterocycles. The predicted molar refractivity (Wildman–Crippen MR) is 69.8 cm³/mol. The molecule has 4 heteroatoms. The molecule has 2 N–H and O–H groups in total. The molecule has 1 aromatic rings. The number of hydrogen-bond donors (Lipinski definition) is 1. The zero-order valence-corrected chi connectivity index (χ0v) is 10.7. The number of halogens is 1. The van der Waals surface area contributed by atoms with Gasteiger partial charge in [-0.3, -0.25) is 4.79 Å². The number of nitrogens with two attached hydrogens (primary N) is 1. The normalized spacial score (nSPS) is 17.1. The molecular weight excluding hydrogens is 231 g/mol. The van der Waals surface area contributed by atoms with Crippen LogP contribution >= 0.6 is 0 Å². The molecule has 18 heavy (non-hydrogen) atoms. The molecule has 1 aliphatic carbocycles. The lowest BCUT2D eigenvalue weighted by Gasteiger charge is -2.42. The fraction of sp³-hybridized carbons (Fsp3) is 0.500. The van der Waals surface area contributed by atoms with E-state index in [0.717, 1.165) is 19.3 Å². The van der Waals surface area contributed by atoms with E-state index >= 15 is 0 Å². The summed E-state index contributed by atoms with van der Waals surface area (Å²) < 4.78 is 13.2. The van der Waals surface area contributed by atoms with Crippen LogP contribution in [0.3, 0.4) is 0 Å². The van der Waals surface area contributed by atoms with Crippen LogP contribution in [-0.4, -0.2) is 19.0 Å². The third-order valence-corrected chi connectivity index (χ3v) is 3.84. The van der Waals surface area contributed by atoms with E-state index in [1.807, 2.05) is 6.92 Å². The van der Waals surface area contributed by atoms with Crippen molar-refractivity contribution in [3.05, 3.63) is 30.1 Å². The lowest BCUT2D eigenvalue weighted by atomic mass is 9.67. The Morgan fingerprint density at radius 3 is 2.67 bits per heavy atom. The number of rotatable bonds is 4. The molecule has 1 aliphatic rings. The molecule has 0 aliphatic heterocycles. The summed E-state index contributed by atoms with van der Waals surface area (Å²) in [6.07, 6.45) is 2.73. The number of hydrogen-bond acceptors (Lipinski definition) is 2. The van der Waals surface area contributed by atoms with Crippen molar-refractivity contribution in [2.45, 2.75) is 26.2 Å².